The van der Waals surface area contributed by atoms with Gasteiger partial charge in [0, 0.05) is 45.1 Å². The molecule has 3 fully saturated rings. The van der Waals surface area contributed by atoms with Crippen LogP contribution in [0.2, 0.25) is 0 Å². The summed E-state index contributed by atoms with van der Waals surface area (Å²) in [7, 11) is 0. The molecule has 0 aromatic heterocycles. The molecule has 0 unspecified atom stereocenters. The number of likely N-dealkylation sites (tertiary alicyclic amines) is 1. The lowest BCUT2D eigenvalue weighted by Crippen LogP contribution is -2.63. The predicted octanol–water partition coefficient (Wildman–Crippen LogP) is 2.75. The van der Waals surface area contributed by atoms with Crippen molar-refractivity contribution in [3.63, 3.8) is 0 Å². The number of hydrogen-bond acceptors (Lipinski definition) is 4. The number of fused-ring (bicyclic) bond motifs is 4. The average Bonchev–Trinajstić information content (AvgIpc) is 2.89. The van der Waals surface area contributed by atoms with E-state index in [4.69, 9.17) is 0 Å². The molecule has 7 heteroatoms. The Hall–Kier alpha value is -3.19. The molecule has 3 aliphatic rings. The molecule has 196 valence electrons. The van der Waals surface area contributed by atoms with E-state index in [1.165, 1.54) is 5.56 Å². The molecule has 5 atom stereocenters. The van der Waals surface area contributed by atoms with Crippen LogP contribution in [0.5, 0.6) is 0 Å². The second kappa shape index (κ2) is 11.5. The van der Waals surface area contributed by atoms with E-state index in [9.17, 15) is 14.4 Å². The Bertz CT molecular complexity index is 1090. The first-order chi connectivity index (χ1) is 18.0. The van der Waals surface area contributed by atoms with Crippen LogP contribution in [-0.4, -0.2) is 65.3 Å². The maximum Gasteiger partial charge on any atom is 0.245 e. The summed E-state index contributed by atoms with van der Waals surface area (Å²) >= 11 is 0. The monoisotopic (exact) mass is 502 g/mol. The number of rotatable bonds is 4. The molecular formula is C30H38N4O3. The van der Waals surface area contributed by atoms with Crippen LogP contribution in [0.25, 0.3) is 0 Å². The van der Waals surface area contributed by atoms with Gasteiger partial charge in [0.1, 0.15) is 12.1 Å². The van der Waals surface area contributed by atoms with E-state index in [1.54, 1.807) is 6.92 Å². The number of carbonyl (C=O) groups excluding carboxylic acids is 3. The Kier molecular flexibility index (Phi) is 7.89. The lowest BCUT2D eigenvalue weighted by Gasteiger charge is -2.51. The van der Waals surface area contributed by atoms with Crippen molar-refractivity contribution in [2.24, 2.45) is 11.8 Å². The maximum absolute atomic E-state index is 14.1. The van der Waals surface area contributed by atoms with E-state index >= 15 is 0 Å². The number of nitrogens with zero attached hydrogens (tertiary/aromatic N) is 2. The van der Waals surface area contributed by atoms with E-state index in [0.29, 0.717) is 37.6 Å². The maximum atomic E-state index is 14.1. The molecule has 0 aliphatic carbocycles. The van der Waals surface area contributed by atoms with Crippen LogP contribution in [0.1, 0.15) is 43.7 Å². The van der Waals surface area contributed by atoms with Crippen molar-refractivity contribution in [2.75, 3.05) is 19.6 Å². The van der Waals surface area contributed by atoms with Gasteiger partial charge in [-0.2, -0.15) is 0 Å². The third kappa shape index (κ3) is 6.21. The second-order valence-corrected chi connectivity index (χ2v) is 11.0. The number of hydrogen-bond donors (Lipinski definition) is 2. The fourth-order valence-corrected chi connectivity index (χ4v) is 6.44. The smallest absolute Gasteiger partial charge is 0.245 e. The van der Waals surface area contributed by atoms with Crippen molar-refractivity contribution < 1.29 is 14.4 Å². The van der Waals surface area contributed by atoms with Gasteiger partial charge in [-0.15, -0.1) is 0 Å². The van der Waals surface area contributed by atoms with Crippen LogP contribution in [0, 0.1) is 11.8 Å². The molecule has 3 aliphatic heterocycles. The van der Waals surface area contributed by atoms with Gasteiger partial charge >= 0.3 is 0 Å². The number of amides is 3. The molecule has 5 rings (SSSR count). The van der Waals surface area contributed by atoms with Gasteiger partial charge in [0.2, 0.25) is 17.7 Å². The van der Waals surface area contributed by atoms with Gasteiger partial charge in [0.25, 0.3) is 0 Å². The molecule has 0 spiro atoms. The molecule has 37 heavy (non-hydrogen) atoms. The van der Waals surface area contributed by atoms with Crippen LogP contribution in [0.15, 0.2) is 60.7 Å². The number of nitrogens with one attached hydrogen (secondary N) is 2. The summed E-state index contributed by atoms with van der Waals surface area (Å²) < 4.78 is 0. The minimum Gasteiger partial charge on any atom is -0.345 e. The van der Waals surface area contributed by atoms with E-state index in [2.05, 4.69) is 44.7 Å². The van der Waals surface area contributed by atoms with Gasteiger partial charge in [-0.25, -0.2) is 0 Å². The first kappa shape index (κ1) is 25.5. The van der Waals surface area contributed by atoms with E-state index < -0.39 is 12.1 Å². The van der Waals surface area contributed by atoms with Crippen molar-refractivity contribution in [1.29, 1.82) is 0 Å². The third-order valence-electron chi connectivity index (χ3n) is 8.15. The van der Waals surface area contributed by atoms with Crippen LogP contribution in [0.4, 0.5) is 0 Å². The second-order valence-electron chi connectivity index (χ2n) is 11.0. The van der Waals surface area contributed by atoms with Gasteiger partial charge in [-0.05, 0) is 49.1 Å². The highest BCUT2D eigenvalue weighted by molar-refractivity contribution is 5.92. The Balaban J connectivity index is 1.39. The lowest BCUT2D eigenvalue weighted by atomic mass is 9.77. The quantitative estimate of drug-likeness (QED) is 0.674. The Labute approximate surface area is 219 Å². The van der Waals surface area contributed by atoms with Gasteiger partial charge < -0.3 is 15.5 Å². The molecule has 2 N–H and O–H groups in total. The summed E-state index contributed by atoms with van der Waals surface area (Å²) in [6.07, 6.45) is 3.42. The predicted molar refractivity (Wildman–Crippen MR) is 142 cm³/mol. The molecule has 2 aromatic rings. The molecule has 3 amide bonds. The van der Waals surface area contributed by atoms with Crippen molar-refractivity contribution in [2.45, 2.75) is 63.7 Å². The highest BCUT2D eigenvalue weighted by Crippen LogP contribution is 2.36. The topological polar surface area (TPSA) is 81.8 Å². The zero-order valence-electron chi connectivity index (χ0n) is 21.6. The van der Waals surface area contributed by atoms with Crippen molar-refractivity contribution in [3.8, 4) is 0 Å². The molecular weight excluding hydrogens is 464 g/mol. The molecule has 2 aromatic carbocycles. The van der Waals surface area contributed by atoms with Crippen LogP contribution in [-0.2, 0) is 27.3 Å². The molecule has 3 heterocycles. The van der Waals surface area contributed by atoms with Gasteiger partial charge in [0.15, 0.2) is 0 Å². The summed E-state index contributed by atoms with van der Waals surface area (Å²) in [5, 5.41) is 5.80. The van der Waals surface area contributed by atoms with Gasteiger partial charge in [-0.1, -0.05) is 60.7 Å². The highest BCUT2D eigenvalue weighted by atomic mass is 16.2. The summed E-state index contributed by atoms with van der Waals surface area (Å²) in [6, 6.07) is 19.1. The number of carbonyl (C=O) groups is 3. The molecule has 3 saturated heterocycles. The molecule has 0 radical (unpaired) electrons. The van der Waals surface area contributed by atoms with Crippen LogP contribution < -0.4 is 10.6 Å². The van der Waals surface area contributed by atoms with E-state index in [0.717, 1.165) is 38.0 Å². The number of benzene rings is 2. The SMILES string of the molecule is C[C@H]1NC(=O)CCC[C@H]2[C@@H]3C[C@@H](CN(Cc4ccccc4)C3)CN2C(=O)[C@H](Cc2ccccc2)NC1=O. The standard InChI is InChI=1S/C30H38N4O3/c1-21-29(36)32-26(16-22-9-4-2-5-10-22)30(37)34-19-24-15-25(27(34)13-8-14-28(35)31-21)20-33(18-24)17-23-11-6-3-7-12-23/h2-7,9-12,21,24-27H,8,13-20H2,1H3,(H,31,35)(H,32,36)/t21-,24+,25-,26+,27+/m1/s1. The normalized spacial score (nSPS) is 29.4. The fraction of sp³-hybridized carbons (Fsp3) is 0.500. The summed E-state index contributed by atoms with van der Waals surface area (Å²) in [5.41, 5.74) is 2.32. The third-order valence-corrected chi connectivity index (χ3v) is 8.15. The first-order valence-electron chi connectivity index (χ1n) is 13.7. The minimum absolute atomic E-state index is 0.00696. The summed E-state index contributed by atoms with van der Waals surface area (Å²) in [6.45, 7) is 5.21. The summed E-state index contributed by atoms with van der Waals surface area (Å²) in [5.74, 6) is 0.353. The van der Waals surface area contributed by atoms with Crippen molar-refractivity contribution in [3.05, 3.63) is 71.8 Å². The van der Waals surface area contributed by atoms with Crippen LogP contribution >= 0.6 is 0 Å². The number of piperidine rings is 2. The Morgan fingerprint density at radius 1 is 0.865 bits per heavy atom. The Morgan fingerprint density at radius 2 is 1.57 bits per heavy atom. The van der Waals surface area contributed by atoms with E-state index in [1.807, 2.05) is 36.4 Å². The van der Waals surface area contributed by atoms with Crippen molar-refractivity contribution >= 4 is 17.7 Å². The van der Waals surface area contributed by atoms with Crippen molar-refractivity contribution in [1.82, 2.24) is 20.4 Å². The van der Waals surface area contributed by atoms with Gasteiger partial charge in [0.05, 0.1) is 0 Å². The summed E-state index contributed by atoms with van der Waals surface area (Å²) in [4.78, 5) is 44.3. The lowest BCUT2D eigenvalue weighted by molar-refractivity contribution is -0.146. The molecule has 2 bridgehead atoms. The zero-order valence-corrected chi connectivity index (χ0v) is 21.6. The van der Waals surface area contributed by atoms with Gasteiger partial charge in [-0.3, -0.25) is 19.3 Å². The highest BCUT2D eigenvalue weighted by Gasteiger charge is 2.44. The largest absolute Gasteiger partial charge is 0.345 e. The minimum atomic E-state index is -0.680. The van der Waals surface area contributed by atoms with Crippen LogP contribution in [0.3, 0.4) is 0 Å². The first-order valence-corrected chi connectivity index (χ1v) is 13.7. The zero-order chi connectivity index (χ0) is 25.8. The molecule has 0 saturated carbocycles. The Morgan fingerprint density at radius 3 is 2.30 bits per heavy atom. The fourth-order valence-electron chi connectivity index (χ4n) is 6.44. The molecule has 7 nitrogen and oxygen atoms in total. The average molecular weight is 503 g/mol. The van der Waals surface area contributed by atoms with E-state index in [-0.39, 0.29) is 23.8 Å².